The van der Waals surface area contributed by atoms with Gasteiger partial charge >= 0.3 is 5.76 Å². The molecule has 1 aliphatic rings. The highest BCUT2D eigenvalue weighted by atomic mass is 32.2. The molecule has 0 spiro atoms. The maximum absolute atomic E-state index is 12.3. The lowest BCUT2D eigenvalue weighted by atomic mass is 9.86. The number of nitrogens with one attached hydrogen (secondary N) is 2. The zero-order valence-electron chi connectivity index (χ0n) is 18.2. The van der Waals surface area contributed by atoms with Crippen molar-refractivity contribution in [2.75, 3.05) is 25.6 Å². The van der Waals surface area contributed by atoms with Crippen LogP contribution in [0.4, 0.5) is 5.69 Å². The van der Waals surface area contributed by atoms with E-state index in [0.29, 0.717) is 24.7 Å². The summed E-state index contributed by atoms with van der Waals surface area (Å²) in [4.78, 5) is 12.0. The zero-order chi connectivity index (χ0) is 21.9. The number of sulfonamides is 1. The van der Waals surface area contributed by atoms with Crippen LogP contribution in [0, 0.1) is 5.92 Å². The number of rotatable bonds is 8. The number of methoxy groups -OCH3 is 1. The van der Waals surface area contributed by atoms with E-state index in [1.54, 1.807) is 32.4 Å². The van der Waals surface area contributed by atoms with Gasteiger partial charge in [-0.1, -0.05) is 0 Å². The molecule has 1 fully saturated rings. The first kappa shape index (κ1) is 22.8. The largest absolute Gasteiger partial charge is 0.420 e. The van der Waals surface area contributed by atoms with Gasteiger partial charge in [-0.15, -0.1) is 0 Å². The molecule has 1 aromatic carbocycles. The number of ether oxygens (including phenoxy) is 1. The van der Waals surface area contributed by atoms with Crippen LogP contribution in [-0.2, 0) is 21.3 Å². The van der Waals surface area contributed by atoms with Crippen LogP contribution >= 0.6 is 0 Å². The molecule has 0 aliphatic heterocycles. The van der Waals surface area contributed by atoms with E-state index in [1.165, 1.54) is 0 Å². The summed E-state index contributed by atoms with van der Waals surface area (Å²) in [6.07, 6.45) is 3.62. The third kappa shape index (κ3) is 5.25. The van der Waals surface area contributed by atoms with Crippen molar-refractivity contribution in [2.45, 2.75) is 63.8 Å². The second-order valence-corrected chi connectivity index (χ2v) is 11.5. The highest BCUT2D eigenvalue weighted by Gasteiger charge is 2.32. The van der Waals surface area contributed by atoms with Crippen LogP contribution < -0.4 is 15.8 Å². The predicted octanol–water partition coefficient (Wildman–Crippen LogP) is 2.93. The Kier molecular flexibility index (Phi) is 6.94. The number of hydrogen-bond acceptors (Lipinski definition) is 6. The van der Waals surface area contributed by atoms with E-state index in [-0.39, 0.29) is 11.8 Å². The van der Waals surface area contributed by atoms with Crippen molar-refractivity contribution in [1.82, 2.24) is 9.29 Å². The molecule has 1 heterocycles. The molecule has 168 valence electrons. The monoisotopic (exact) mass is 439 g/mol. The third-order valence-electron chi connectivity index (χ3n) is 5.76. The molecule has 2 N–H and O–H groups in total. The molecule has 1 saturated carbocycles. The van der Waals surface area contributed by atoms with Gasteiger partial charge in [0.05, 0.1) is 23.4 Å². The summed E-state index contributed by atoms with van der Waals surface area (Å²) in [6, 6.07) is 5.70. The molecule has 9 heteroatoms. The minimum Gasteiger partial charge on any atom is -0.408 e. The minimum atomic E-state index is -3.31. The second-order valence-electron chi connectivity index (χ2n) is 9.03. The van der Waals surface area contributed by atoms with Crippen molar-refractivity contribution in [3.8, 4) is 0 Å². The summed E-state index contributed by atoms with van der Waals surface area (Å²) in [6.45, 7) is 6.86. The fourth-order valence-electron chi connectivity index (χ4n) is 3.71. The Morgan fingerprint density at radius 1 is 1.20 bits per heavy atom. The van der Waals surface area contributed by atoms with Gasteiger partial charge < -0.3 is 14.5 Å². The average Bonchev–Trinajstić information content (AvgIpc) is 2.99. The van der Waals surface area contributed by atoms with Crippen LogP contribution in [0.5, 0.6) is 0 Å². The first-order chi connectivity index (χ1) is 14.1. The molecule has 1 aromatic heterocycles. The molecular weight excluding hydrogens is 406 g/mol. The number of aromatic nitrogens is 1. The fourth-order valence-corrected chi connectivity index (χ4v) is 4.74. The minimum absolute atomic E-state index is 0.0166. The van der Waals surface area contributed by atoms with Gasteiger partial charge in [-0.2, -0.15) is 0 Å². The first-order valence-corrected chi connectivity index (χ1v) is 12.0. The van der Waals surface area contributed by atoms with Gasteiger partial charge in [0.1, 0.15) is 0 Å². The van der Waals surface area contributed by atoms with Gasteiger partial charge in [-0.05, 0) is 64.5 Å². The van der Waals surface area contributed by atoms with E-state index in [0.717, 1.165) is 43.4 Å². The molecular formula is C21H33N3O5S. The maximum Gasteiger partial charge on any atom is 0.420 e. The lowest BCUT2D eigenvalue weighted by Gasteiger charge is -2.31. The fraction of sp³-hybridized carbons (Fsp3) is 0.667. The Morgan fingerprint density at radius 3 is 2.53 bits per heavy atom. The molecule has 0 atom stereocenters. The molecule has 0 saturated heterocycles. The average molecular weight is 440 g/mol. The number of nitrogens with zero attached hydrogens (tertiary/aromatic N) is 1. The summed E-state index contributed by atoms with van der Waals surface area (Å²) in [5.41, 5.74) is 2.22. The molecule has 3 rings (SSSR count). The van der Waals surface area contributed by atoms with Crippen LogP contribution in [-0.4, -0.2) is 44.0 Å². The normalized spacial score (nSPS) is 20.5. The third-order valence-corrected chi connectivity index (χ3v) is 8.01. The van der Waals surface area contributed by atoms with E-state index < -0.39 is 14.8 Å². The standard InChI is InChI=1S/C21H33N3O5S/c1-21(2,3)30(26,27)23-16-7-5-15(6-8-16)14-22-17-9-10-18-19(13-17)29-20(25)24(18)11-12-28-4/h9-10,13,15-16,22-23H,5-8,11-12,14H2,1-4H3/t15-,16-. The van der Waals surface area contributed by atoms with Crippen molar-refractivity contribution in [2.24, 2.45) is 5.92 Å². The predicted molar refractivity (Wildman–Crippen MR) is 118 cm³/mol. The lowest BCUT2D eigenvalue weighted by molar-refractivity contribution is 0.186. The van der Waals surface area contributed by atoms with Crippen molar-refractivity contribution in [3.05, 3.63) is 28.7 Å². The number of anilines is 1. The molecule has 1 aliphatic carbocycles. The highest BCUT2D eigenvalue weighted by Crippen LogP contribution is 2.27. The molecule has 0 amide bonds. The van der Waals surface area contributed by atoms with Gasteiger partial charge in [-0.25, -0.2) is 17.9 Å². The van der Waals surface area contributed by atoms with E-state index in [9.17, 15) is 13.2 Å². The van der Waals surface area contributed by atoms with Gasteiger partial charge in [0.2, 0.25) is 10.0 Å². The molecule has 0 bridgehead atoms. The number of oxazole rings is 1. The molecule has 30 heavy (non-hydrogen) atoms. The van der Waals surface area contributed by atoms with Crippen LogP contribution in [0.3, 0.4) is 0 Å². The summed E-state index contributed by atoms with van der Waals surface area (Å²) in [7, 11) is -1.71. The Labute approximate surface area is 178 Å². The van der Waals surface area contributed by atoms with Crippen LogP contribution in [0.15, 0.2) is 27.4 Å². The van der Waals surface area contributed by atoms with E-state index in [4.69, 9.17) is 9.15 Å². The molecule has 2 aromatic rings. The first-order valence-electron chi connectivity index (χ1n) is 10.5. The quantitative estimate of drug-likeness (QED) is 0.656. The summed E-state index contributed by atoms with van der Waals surface area (Å²) in [5.74, 6) is 0.102. The number of fused-ring (bicyclic) bond motifs is 1. The van der Waals surface area contributed by atoms with Crippen molar-refractivity contribution in [1.29, 1.82) is 0 Å². The summed E-state index contributed by atoms with van der Waals surface area (Å²) >= 11 is 0. The van der Waals surface area contributed by atoms with Gasteiger partial charge in [0, 0.05) is 31.5 Å². The summed E-state index contributed by atoms with van der Waals surface area (Å²) in [5, 5.41) is 3.43. The van der Waals surface area contributed by atoms with Crippen molar-refractivity contribution < 1.29 is 17.6 Å². The van der Waals surface area contributed by atoms with E-state index in [1.807, 2.05) is 18.2 Å². The number of hydrogen-bond donors (Lipinski definition) is 2. The number of benzene rings is 1. The van der Waals surface area contributed by atoms with Gasteiger partial charge in [0.15, 0.2) is 5.58 Å². The van der Waals surface area contributed by atoms with Crippen LogP contribution in [0.2, 0.25) is 0 Å². The Balaban J connectivity index is 1.53. The topological polar surface area (TPSA) is 103 Å². The lowest BCUT2D eigenvalue weighted by Crippen LogP contribution is -2.46. The Hall–Kier alpha value is -1.84. The smallest absolute Gasteiger partial charge is 0.408 e. The van der Waals surface area contributed by atoms with E-state index >= 15 is 0 Å². The van der Waals surface area contributed by atoms with Crippen molar-refractivity contribution >= 4 is 26.8 Å². The second kappa shape index (κ2) is 9.11. The van der Waals surface area contributed by atoms with Crippen molar-refractivity contribution in [3.63, 3.8) is 0 Å². The molecule has 0 unspecified atom stereocenters. The molecule has 0 radical (unpaired) electrons. The van der Waals surface area contributed by atoms with Crippen LogP contribution in [0.1, 0.15) is 46.5 Å². The summed E-state index contributed by atoms with van der Waals surface area (Å²) < 4.78 is 38.7. The van der Waals surface area contributed by atoms with Crippen LogP contribution in [0.25, 0.3) is 11.1 Å². The van der Waals surface area contributed by atoms with Gasteiger partial charge in [-0.3, -0.25) is 4.57 Å². The Bertz CT molecular complexity index is 1010. The van der Waals surface area contributed by atoms with Gasteiger partial charge in [0.25, 0.3) is 0 Å². The SMILES string of the molecule is COCCn1c(=O)oc2cc(NC[C@H]3CC[C@H](NS(=O)(=O)C(C)(C)C)CC3)ccc21. The van der Waals surface area contributed by atoms with E-state index in [2.05, 4.69) is 10.0 Å². The maximum atomic E-state index is 12.3. The Morgan fingerprint density at radius 2 is 1.90 bits per heavy atom. The molecule has 8 nitrogen and oxygen atoms in total. The zero-order valence-corrected chi connectivity index (χ0v) is 19.0. The highest BCUT2D eigenvalue weighted by molar-refractivity contribution is 7.90.